The van der Waals surface area contributed by atoms with Crippen molar-refractivity contribution in [1.29, 1.82) is 0 Å². The Balaban J connectivity index is 0.000000640. The highest BCUT2D eigenvalue weighted by molar-refractivity contribution is 5.42. The third-order valence-electron chi connectivity index (χ3n) is 4.23. The average Bonchev–Trinajstić information content (AvgIpc) is 2.68. The van der Waals surface area contributed by atoms with Gasteiger partial charge in [0.25, 0.3) is 6.47 Å². The number of rotatable bonds is 6. The molecule has 1 aliphatic heterocycles. The number of carbonyl (C=O) groups is 1. The Bertz CT molecular complexity index is 779. The van der Waals surface area contributed by atoms with Crippen LogP contribution < -0.4 is 10.1 Å². The zero-order valence-electron chi connectivity index (χ0n) is 16.8. The van der Waals surface area contributed by atoms with E-state index in [2.05, 4.69) is 15.0 Å². The molecule has 7 heteroatoms. The monoisotopic (exact) mass is 390 g/mol. The third-order valence-corrected chi connectivity index (χ3v) is 4.23. The number of pyridine rings is 1. The van der Waals surface area contributed by atoms with Crippen LogP contribution in [-0.2, 0) is 33.8 Å². The van der Waals surface area contributed by atoms with Crippen molar-refractivity contribution in [2.75, 3.05) is 13.7 Å². The van der Waals surface area contributed by atoms with E-state index in [1.165, 1.54) is 19.2 Å². The molecule has 0 unspecified atom stereocenters. The van der Waals surface area contributed by atoms with E-state index in [4.69, 9.17) is 14.3 Å². The number of ether oxygens (including phenoxy) is 3. The summed E-state index contributed by atoms with van der Waals surface area (Å²) in [6.45, 7) is 8.17. The maximum Gasteiger partial charge on any atom is 0.292 e. The molecule has 0 saturated carbocycles. The van der Waals surface area contributed by atoms with Crippen LogP contribution in [0.25, 0.3) is 0 Å². The Morgan fingerprint density at radius 1 is 1.32 bits per heavy atom. The molecule has 2 heterocycles. The Kier molecular flexibility index (Phi) is 7.90. The lowest BCUT2D eigenvalue weighted by Gasteiger charge is -2.34. The van der Waals surface area contributed by atoms with Gasteiger partial charge in [0.2, 0.25) is 5.79 Å². The van der Waals surface area contributed by atoms with E-state index in [1.807, 2.05) is 39.1 Å². The number of fused-ring (bicyclic) bond motifs is 1. The highest BCUT2D eigenvalue weighted by Crippen LogP contribution is 2.34. The van der Waals surface area contributed by atoms with E-state index in [0.29, 0.717) is 19.6 Å². The van der Waals surface area contributed by atoms with Gasteiger partial charge in [-0.15, -0.1) is 0 Å². The van der Waals surface area contributed by atoms with Gasteiger partial charge in [-0.05, 0) is 43.1 Å². The normalized spacial score (nSPS) is 14.2. The van der Waals surface area contributed by atoms with Crippen molar-refractivity contribution < 1.29 is 23.4 Å². The standard InChI is InChI=1S/C19H23FN2O2.C2H4O2/c1-13-18-17(12-23-19(2,3)24-18)15(11-22-13)10-21-9-8-14-4-6-16(20)7-5-14;1-4-2-3/h4-7,11,21H,8-10,12H2,1-3H3;2H,1H3. The quantitative estimate of drug-likeness (QED) is 0.603. The second-order valence-corrected chi connectivity index (χ2v) is 6.85. The number of hydrogen-bond donors (Lipinski definition) is 1. The minimum atomic E-state index is -0.617. The molecule has 2 aromatic rings. The molecule has 152 valence electrons. The first-order valence-corrected chi connectivity index (χ1v) is 9.08. The third kappa shape index (κ3) is 6.28. The molecule has 3 rings (SSSR count). The molecular formula is C21H27FN2O4. The number of hydrogen-bond acceptors (Lipinski definition) is 6. The molecule has 1 aromatic heterocycles. The lowest BCUT2D eigenvalue weighted by atomic mass is 10.1. The lowest BCUT2D eigenvalue weighted by Crippen LogP contribution is -2.36. The summed E-state index contributed by atoms with van der Waals surface area (Å²) in [5.41, 5.74) is 4.15. The van der Waals surface area contributed by atoms with E-state index in [9.17, 15) is 4.39 Å². The second-order valence-electron chi connectivity index (χ2n) is 6.85. The van der Waals surface area contributed by atoms with Gasteiger partial charge in [-0.2, -0.15) is 0 Å². The Labute approximate surface area is 165 Å². The van der Waals surface area contributed by atoms with E-state index in [-0.39, 0.29) is 5.82 Å². The predicted octanol–water partition coefficient (Wildman–Crippen LogP) is 3.30. The predicted molar refractivity (Wildman–Crippen MR) is 103 cm³/mol. The first-order chi connectivity index (χ1) is 13.4. The molecule has 0 atom stereocenters. The van der Waals surface area contributed by atoms with Gasteiger partial charge < -0.3 is 19.5 Å². The minimum Gasteiger partial charge on any atom is -0.471 e. The highest BCUT2D eigenvalue weighted by Gasteiger charge is 2.30. The van der Waals surface area contributed by atoms with Gasteiger partial charge in [0.05, 0.1) is 19.4 Å². The number of benzene rings is 1. The molecule has 0 saturated heterocycles. The molecule has 28 heavy (non-hydrogen) atoms. The van der Waals surface area contributed by atoms with Crippen molar-refractivity contribution in [1.82, 2.24) is 10.3 Å². The van der Waals surface area contributed by atoms with Crippen molar-refractivity contribution in [3.8, 4) is 5.75 Å². The fraction of sp³-hybridized carbons (Fsp3) is 0.429. The van der Waals surface area contributed by atoms with Gasteiger partial charge in [-0.1, -0.05) is 12.1 Å². The molecule has 0 spiro atoms. The van der Waals surface area contributed by atoms with Crippen LogP contribution in [0.5, 0.6) is 5.75 Å². The summed E-state index contributed by atoms with van der Waals surface area (Å²) in [5, 5.41) is 3.41. The first-order valence-electron chi connectivity index (χ1n) is 9.08. The topological polar surface area (TPSA) is 69.7 Å². The van der Waals surface area contributed by atoms with E-state index in [0.717, 1.165) is 41.1 Å². The van der Waals surface area contributed by atoms with Crippen molar-refractivity contribution >= 4 is 6.47 Å². The van der Waals surface area contributed by atoms with Crippen molar-refractivity contribution in [2.24, 2.45) is 0 Å². The lowest BCUT2D eigenvalue weighted by molar-refractivity contribution is -0.180. The van der Waals surface area contributed by atoms with Crippen LogP contribution in [0.3, 0.4) is 0 Å². The summed E-state index contributed by atoms with van der Waals surface area (Å²) in [6.07, 6.45) is 2.73. The van der Waals surface area contributed by atoms with Gasteiger partial charge in [-0.25, -0.2) is 4.39 Å². The number of halogens is 1. The highest BCUT2D eigenvalue weighted by atomic mass is 19.1. The van der Waals surface area contributed by atoms with Crippen LogP contribution >= 0.6 is 0 Å². The summed E-state index contributed by atoms with van der Waals surface area (Å²) < 4.78 is 28.4. The number of methoxy groups -OCH3 is 1. The average molecular weight is 390 g/mol. The smallest absolute Gasteiger partial charge is 0.292 e. The molecule has 0 radical (unpaired) electrons. The van der Waals surface area contributed by atoms with Gasteiger partial charge >= 0.3 is 0 Å². The fourth-order valence-corrected chi connectivity index (χ4v) is 2.75. The Morgan fingerprint density at radius 2 is 2.00 bits per heavy atom. The zero-order valence-corrected chi connectivity index (χ0v) is 16.8. The molecule has 0 bridgehead atoms. The van der Waals surface area contributed by atoms with E-state index in [1.54, 1.807) is 0 Å². The minimum absolute atomic E-state index is 0.202. The summed E-state index contributed by atoms with van der Waals surface area (Å²) in [5.74, 6) is 0.0183. The van der Waals surface area contributed by atoms with Crippen molar-refractivity contribution in [3.05, 3.63) is 58.7 Å². The van der Waals surface area contributed by atoms with Crippen LogP contribution in [0.4, 0.5) is 4.39 Å². The zero-order chi connectivity index (χ0) is 20.6. The summed E-state index contributed by atoms with van der Waals surface area (Å²) in [7, 11) is 1.31. The second kappa shape index (κ2) is 10.1. The maximum atomic E-state index is 12.9. The van der Waals surface area contributed by atoms with Gasteiger partial charge in [0, 0.05) is 32.2 Å². The molecule has 1 aliphatic rings. The summed E-state index contributed by atoms with van der Waals surface area (Å²) >= 11 is 0. The van der Waals surface area contributed by atoms with Crippen LogP contribution in [0, 0.1) is 12.7 Å². The van der Waals surface area contributed by atoms with Gasteiger partial charge in [-0.3, -0.25) is 9.78 Å². The largest absolute Gasteiger partial charge is 0.471 e. The molecule has 0 amide bonds. The Hall–Kier alpha value is -2.51. The molecule has 1 N–H and O–H groups in total. The van der Waals surface area contributed by atoms with Crippen molar-refractivity contribution in [3.63, 3.8) is 0 Å². The van der Waals surface area contributed by atoms with Crippen LogP contribution in [0.2, 0.25) is 0 Å². The van der Waals surface area contributed by atoms with E-state index < -0.39 is 5.79 Å². The number of aromatic nitrogens is 1. The fourth-order valence-electron chi connectivity index (χ4n) is 2.75. The van der Waals surface area contributed by atoms with E-state index >= 15 is 0 Å². The molecule has 0 aliphatic carbocycles. The maximum absolute atomic E-state index is 12.9. The number of nitrogens with zero attached hydrogens (tertiary/aromatic N) is 1. The number of aryl methyl sites for hydroxylation is 1. The summed E-state index contributed by atoms with van der Waals surface area (Å²) in [4.78, 5) is 13.4. The summed E-state index contributed by atoms with van der Waals surface area (Å²) in [6, 6.07) is 6.62. The molecular weight excluding hydrogens is 363 g/mol. The molecule has 6 nitrogen and oxygen atoms in total. The number of nitrogens with one attached hydrogen (secondary N) is 1. The van der Waals surface area contributed by atoms with Crippen molar-refractivity contribution in [2.45, 2.75) is 46.1 Å². The SMILES string of the molecule is COC=O.Cc1ncc(CNCCc2ccc(F)cc2)c2c1OC(C)(C)OC2. The first kappa shape index (κ1) is 21.8. The Morgan fingerprint density at radius 3 is 2.64 bits per heavy atom. The van der Waals surface area contributed by atoms with Gasteiger partial charge in [0.15, 0.2) is 0 Å². The van der Waals surface area contributed by atoms with Crippen LogP contribution in [-0.4, -0.2) is 30.9 Å². The van der Waals surface area contributed by atoms with Crippen LogP contribution in [0.15, 0.2) is 30.5 Å². The van der Waals surface area contributed by atoms with Gasteiger partial charge in [0.1, 0.15) is 11.6 Å². The molecule has 0 fully saturated rings. The number of carbonyl (C=O) groups excluding carboxylic acids is 1. The molecule has 1 aromatic carbocycles. The van der Waals surface area contributed by atoms with Crippen LogP contribution in [0.1, 0.15) is 36.2 Å².